The summed E-state index contributed by atoms with van der Waals surface area (Å²) in [5, 5.41) is 5.36. The van der Waals surface area contributed by atoms with Crippen LogP contribution in [0, 0.1) is 0 Å². The first-order valence-corrected chi connectivity index (χ1v) is 7.12. The molecule has 2 N–H and O–H groups in total. The van der Waals surface area contributed by atoms with E-state index in [1.165, 1.54) is 4.88 Å². The lowest BCUT2D eigenvalue weighted by atomic mass is 10.3. The first kappa shape index (κ1) is 11.4. The van der Waals surface area contributed by atoms with Gasteiger partial charge in [0.15, 0.2) is 0 Å². The number of nitrogens with zero attached hydrogens (tertiary/aromatic N) is 1. The van der Waals surface area contributed by atoms with Gasteiger partial charge in [-0.05, 0) is 22.0 Å². The molecule has 1 aliphatic rings. The summed E-state index contributed by atoms with van der Waals surface area (Å²) < 4.78 is 6.76. The van der Waals surface area contributed by atoms with Crippen LogP contribution in [-0.2, 0) is 4.74 Å². The minimum atomic E-state index is 0.0425. The molecule has 2 aromatic heterocycles. The van der Waals surface area contributed by atoms with E-state index < -0.39 is 0 Å². The number of ether oxygens (including phenoxy) is 1. The lowest BCUT2D eigenvalue weighted by molar-refractivity contribution is 0.0227. The number of aromatic nitrogens is 2. The van der Waals surface area contributed by atoms with Crippen molar-refractivity contribution in [2.45, 2.75) is 6.10 Å². The average molecular weight is 314 g/mol. The van der Waals surface area contributed by atoms with Gasteiger partial charge in [0.1, 0.15) is 11.9 Å². The van der Waals surface area contributed by atoms with Crippen LogP contribution in [0.3, 0.4) is 0 Å². The molecular weight excluding hydrogens is 302 g/mol. The van der Waals surface area contributed by atoms with Gasteiger partial charge < -0.3 is 15.0 Å². The SMILES string of the molecule is Brc1csc(-c2cnc(C3CNCCO3)[nH]2)c1. The Bertz CT molecular complexity index is 504. The Morgan fingerprint density at radius 3 is 3.18 bits per heavy atom. The second-order valence-corrected chi connectivity index (χ2v) is 5.70. The molecule has 0 amide bonds. The number of hydrogen-bond acceptors (Lipinski definition) is 4. The van der Waals surface area contributed by atoms with Gasteiger partial charge in [-0.3, -0.25) is 0 Å². The van der Waals surface area contributed by atoms with Crippen LogP contribution < -0.4 is 5.32 Å². The number of nitrogens with one attached hydrogen (secondary N) is 2. The summed E-state index contributed by atoms with van der Waals surface area (Å²) in [6.45, 7) is 2.48. The van der Waals surface area contributed by atoms with Gasteiger partial charge in [0.25, 0.3) is 0 Å². The highest BCUT2D eigenvalue weighted by molar-refractivity contribution is 9.10. The molecule has 4 nitrogen and oxygen atoms in total. The third-order valence-corrected chi connectivity index (χ3v) is 4.39. The van der Waals surface area contributed by atoms with Gasteiger partial charge >= 0.3 is 0 Å². The summed E-state index contributed by atoms with van der Waals surface area (Å²) in [5.41, 5.74) is 1.05. The van der Waals surface area contributed by atoms with Crippen LogP contribution in [0.5, 0.6) is 0 Å². The molecule has 2 aromatic rings. The fourth-order valence-electron chi connectivity index (χ4n) is 1.82. The van der Waals surface area contributed by atoms with Gasteiger partial charge in [0.2, 0.25) is 0 Å². The van der Waals surface area contributed by atoms with Gasteiger partial charge in [-0.25, -0.2) is 4.98 Å². The van der Waals surface area contributed by atoms with E-state index in [4.69, 9.17) is 4.74 Å². The fraction of sp³-hybridized carbons (Fsp3) is 0.364. The Morgan fingerprint density at radius 2 is 2.47 bits per heavy atom. The van der Waals surface area contributed by atoms with Gasteiger partial charge in [-0.2, -0.15) is 0 Å². The van der Waals surface area contributed by atoms with Crippen molar-refractivity contribution < 1.29 is 4.74 Å². The van der Waals surface area contributed by atoms with Crippen molar-refractivity contribution in [2.75, 3.05) is 19.7 Å². The summed E-state index contributed by atoms with van der Waals surface area (Å²) in [4.78, 5) is 8.90. The molecule has 1 fully saturated rings. The molecule has 0 radical (unpaired) electrons. The quantitative estimate of drug-likeness (QED) is 0.896. The number of halogens is 1. The highest BCUT2D eigenvalue weighted by Gasteiger charge is 2.19. The smallest absolute Gasteiger partial charge is 0.137 e. The largest absolute Gasteiger partial charge is 0.368 e. The molecule has 3 rings (SSSR count). The Hall–Kier alpha value is -0.690. The Kier molecular flexibility index (Phi) is 3.28. The van der Waals surface area contributed by atoms with Crippen molar-refractivity contribution in [1.29, 1.82) is 0 Å². The van der Waals surface area contributed by atoms with E-state index in [9.17, 15) is 0 Å². The Morgan fingerprint density at radius 1 is 1.53 bits per heavy atom. The predicted molar refractivity (Wildman–Crippen MR) is 71.2 cm³/mol. The standard InChI is InChI=1S/C11H12BrN3OS/c12-7-3-10(17-6-7)8-4-14-11(15-8)9-5-13-1-2-16-9/h3-4,6,9,13H,1-2,5H2,(H,14,15). The monoisotopic (exact) mass is 313 g/mol. The highest BCUT2D eigenvalue weighted by Crippen LogP contribution is 2.29. The van der Waals surface area contributed by atoms with Crippen LogP contribution in [0.4, 0.5) is 0 Å². The van der Waals surface area contributed by atoms with E-state index in [2.05, 4.69) is 42.7 Å². The zero-order chi connectivity index (χ0) is 11.7. The molecule has 0 aromatic carbocycles. The average Bonchev–Trinajstić information content (AvgIpc) is 2.98. The summed E-state index contributed by atoms with van der Waals surface area (Å²) in [5.74, 6) is 0.900. The first-order chi connectivity index (χ1) is 8.33. The van der Waals surface area contributed by atoms with Crippen LogP contribution in [0.1, 0.15) is 11.9 Å². The van der Waals surface area contributed by atoms with Crippen molar-refractivity contribution in [3.8, 4) is 10.6 Å². The molecule has 90 valence electrons. The number of H-pyrrole nitrogens is 1. The molecule has 6 heteroatoms. The van der Waals surface area contributed by atoms with Crippen LogP contribution in [0.15, 0.2) is 22.1 Å². The number of imidazole rings is 1. The minimum Gasteiger partial charge on any atom is -0.368 e. The normalized spacial score (nSPS) is 20.6. The van der Waals surface area contributed by atoms with E-state index in [0.717, 1.165) is 35.7 Å². The highest BCUT2D eigenvalue weighted by atomic mass is 79.9. The lowest BCUT2D eigenvalue weighted by Crippen LogP contribution is -2.33. The molecule has 1 unspecified atom stereocenters. The van der Waals surface area contributed by atoms with E-state index in [-0.39, 0.29) is 6.10 Å². The van der Waals surface area contributed by atoms with Gasteiger partial charge in [0, 0.05) is 22.9 Å². The van der Waals surface area contributed by atoms with Crippen LogP contribution in [0.25, 0.3) is 10.6 Å². The van der Waals surface area contributed by atoms with Crippen molar-refractivity contribution in [3.63, 3.8) is 0 Å². The van der Waals surface area contributed by atoms with Gasteiger partial charge in [-0.15, -0.1) is 11.3 Å². The summed E-state index contributed by atoms with van der Waals surface area (Å²) in [7, 11) is 0. The third kappa shape index (κ3) is 2.44. The van der Waals surface area contributed by atoms with Gasteiger partial charge in [0.05, 0.1) is 23.4 Å². The number of rotatable bonds is 2. The zero-order valence-corrected chi connectivity index (χ0v) is 11.5. The van der Waals surface area contributed by atoms with Crippen LogP contribution in [-0.4, -0.2) is 29.7 Å². The molecule has 17 heavy (non-hydrogen) atoms. The van der Waals surface area contributed by atoms with Crippen LogP contribution >= 0.6 is 27.3 Å². The molecule has 0 saturated carbocycles. The number of hydrogen-bond donors (Lipinski definition) is 2. The number of thiophene rings is 1. The van der Waals surface area contributed by atoms with Crippen molar-refractivity contribution in [1.82, 2.24) is 15.3 Å². The molecular formula is C11H12BrN3OS. The summed E-state index contributed by atoms with van der Waals surface area (Å²) >= 11 is 5.14. The molecule has 0 spiro atoms. The Balaban J connectivity index is 1.82. The Labute approximate surface area is 112 Å². The summed E-state index contributed by atoms with van der Waals surface area (Å²) in [6.07, 6.45) is 1.91. The predicted octanol–water partition coefficient (Wildman–Crippen LogP) is 2.56. The van der Waals surface area contributed by atoms with E-state index in [1.54, 1.807) is 11.3 Å². The minimum absolute atomic E-state index is 0.0425. The number of aromatic amines is 1. The number of morpholine rings is 1. The second-order valence-electron chi connectivity index (χ2n) is 3.87. The topological polar surface area (TPSA) is 49.9 Å². The van der Waals surface area contributed by atoms with Crippen molar-refractivity contribution >= 4 is 27.3 Å². The third-order valence-electron chi connectivity index (χ3n) is 2.66. The zero-order valence-electron chi connectivity index (χ0n) is 9.07. The van der Waals surface area contributed by atoms with E-state index in [0.29, 0.717) is 0 Å². The maximum absolute atomic E-state index is 5.66. The fourth-order valence-corrected chi connectivity index (χ4v) is 3.21. The lowest BCUT2D eigenvalue weighted by Gasteiger charge is -2.21. The van der Waals surface area contributed by atoms with Gasteiger partial charge in [-0.1, -0.05) is 0 Å². The maximum Gasteiger partial charge on any atom is 0.137 e. The summed E-state index contributed by atoms with van der Waals surface area (Å²) in [6, 6.07) is 2.09. The molecule has 1 atom stereocenters. The van der Waals surface area contributed by atoms with Crippen LogP contribution in [0.2, 0.25) is 0 Å². The first-order valence-electron chi connectivity index (χ1n) is 5.44. The second kappa shape index (κ2) is 4.89. The maximum atomic E-state index is 5.66. The molecule has 0 bridgehead atoms. The molecule has 0 aliphatic carbocycles. The molecule has 1 saturated heterocycles. The molecule has 1 aliphatic heterocycles. The van der Waals surface area contributed by atoms with Crippen molar-refractivity contribution in [2.24, 2.45) is 0 Å². The van der Waals surface area contributed by atoms with E-state index >= 15 is 0 Å². The molecule has 3 heterocycles. The van der Waals surface area contributed by atoms with E-state index in [1.807, 2.05) is 6.20 Å². The van der Waals surface area contributed by atoms with Crippen molar-refractivity contribution in [3.05, 3.63) is 27.9 Å².